The molecule has 11 heteroatoms. The van der Waals surface area contributed by atoms with Gasteiger partial charge in [0.2, 0.25) is 0 Å². The van der Waals surface area contributed by atoms with E-state index in [1.807, 2.05) is 0 Å². The first-order chi connectivity index (χ1) is 15.6. The molecule has 2 aromatic carbocycles. The highest BCUT2D eigenvalue weighted by Gasteiger charge is 2.37. The number of urea groups is 1. The Balaban J connectivity index is 2.22. The lowest BCUT2D eigenvalue weighted by Crippen LogP contribution is -2.52. The molecule has 0 heterocycles. The fraction of sp³-hybridized carbons (Fsp3) is 0.391. The molecular formula is C23H26F5N3O3. The third kappa shape index (κ3) is 6.82. The van der Waals surface area contributed by atoms with Gasteiger partial charge < -0.3 is 10.1 Å². The standard InChI is InChI=1S/C23H26F5N3O3/c1-6-31(30-21(33)34-22(3,4)5)20(32)29-13(2)15-11-10-14(12-18(15)25)16-8-7-9-17(24)19(16)23(26,27)28/h7-13H,6H2,1-5H3,(H,29,32)(H,30,33)/t13-/m1/s1. The van der Waals surface area contributed by atoms with Crippen LogP contribution in [0.4, 0.5) is 31.5 Å². The highest BCUT2D eigenvalue weighted by Crippen LogP contribution is 2.39. The number of amides is 3. The van der Waals surface area contributed by atoms with E-state index < -0.39 is 52.7 Å². The monoisotopic (exact) mass is 487 g/mol. The zero-order valence-corrected chi connectivity index (χ0v) is 19.3. The third-order valence-corrected chi connectivity index (χ3v) is 4.60. The molecule has 0 aliphatic heterocycles. The maximum atomic E-state index is 14.8. The average Bonchev–Trinajstić information content (AvgIpc) is 2.69. The summed E-state index contributed by atoms with van der Waals surface area (Å²) in [4.78, 5) is 24.4. The summed E-state index contributed by atoms with van der Waals surface area (Å²) in [5.41, 5.74) is -0.698. The van der Waals surface area contributed by atoms with Crippen molar-refractivity contribution in [2.24, 2.45) is 0 Å². The van der Waals surface area contributed by atoms with Crippen LogP contribution in [0.25, 0.3) is 11.1 Å². The molecule has 0 aliphatic carbocycles. The summed E-state index contributed by atoms with van der Waals surface area (Å²) in [6.45, 7) is 8.07. The Morgan fingerprint density at radius 2 is 1.71 bits per heavy atom. The number of carbonyl (C=O) groups excluding carboxylic acids is 2. The van der Waals surface area contributed by atoms with Crippen LogP contribution in [0.3, 0.4) is 0 Å². The second-order valence-corrected chi connectivity index (χ2v) is 8.43. The molecule has 0 fully saturated rings. The van der Waals surface area contributed by atoms with Gasteiger partial charge >= 0.3 is 18.3 Å². The number of hydrazine groups is 1. The highest BCUT2D eigenvalue weighted by atomic mass is 19.4. The first kappa shape index (κ1) is 26.9. The minimum absolute atomic E-state index is 0.0182. The van der Waals surface area contributed by atoms with E-state index in [0.29, 0.717) is 6.07 Å². The van der Waals surface area contributed by atoms with Crippen molar-refractivity contribution < 1.29 is 36.3 Å². The van der Waals surface area contributed by atoms with Crippen molar-refractivity contribution in [3.8, 4) is 11.1 Å². The number of benzene rings is 2. The molecule has 0 radical (unpaired) electrons. The Morgan fingerprint density at radius 3 is 2.24 bits per heavy atom. The van der Waals surface area contributed by atoms with Crippen LogP contribution in [0.2, 0.25) is 0 Å². The topological polar surface area (TPSA) is 70.7 Å². The van der Waals surface area contributed by atoms with Crippen LogP contribution in [-0.2, 0) is 10.9 Å². The molecule has 2 aromatic rings. The predicted octanol–water partition coefficient (Wildman–Crippen LogP) is 6.18. The van der Waals surface area contributed by atoms with E-state index in [4.69, 9.17) is 4.74 Å². The van der Waals surface area contributed by atoms with Gasteiger partial charge in [-0.3, -0.25) is 0 Å². The van der Waals surface area contributed by atoms with Crippen LogP contribution >= 0.6 is 0 Å². The van der Waals surface area contributed by atoms with E-state index >= 15 is 0 Å². The van der Waals surface area contributed by atoms with E-state index in [9.17, 15) is 31.5 Å². The highest BCUT2D eigenvalue weighted by molar-refractivity contribution is 5.78. The molecule has 1 atom stereocenters. The molecule has 0 aromatic heterocycles. The van der Waals surface area contributed by atoms with E-state index in [-0.39, 0.29) is 17.7 Å². The minimum atomic E-state index is -4.97. The van der Waals surface area contributed by atoms with Crippen molar-refractivity contribution in [1.82, 2.24) is 15.8 Å². The Hall–Kier alpha value is -3.37. The second-order valence-electron chi connectivity index (χ2n) is 8.43. The number of nitrogens with zero attached hydrogens (tertiary/aromatic N) is 1. The number of nitrogens with one attached hydrogen (secondary N) is 2. The minimum Gasteiger partial charge on any atom is -0.443 e. The Labute approximate surface area is 194 Å². The van der Waals surface area contributed by atoms with Gasteiger partial charge in [0, 0.05) is 12.1 Å². The van der Waals surface area contributed by atoms with Gasteiger partial charge in [-0.25, -0.2) is 28.8 Å². The first-order valence-electron chi connectivity index (χ1n) is 10.4. The van der Waals surface area contributed by atoms with E-state index in [1.54, 1.807) is 27.7 Å². The summed E-state index contributed by atoms with van der Waals surface area (Å²) in [6.07, 6.45) is -5.83. The quantitative estimate of drug-likeness (QED) is 0.400. The molecule has 0 saturated carbocycles. The zero-order chi connectivity index (χ0) is 25.8. The molecular weight excluding hydrogens is 461 g/mol. The van der Waals surface area contributed by atoms with Crippen molar-refractivity contribution in [2.75, 3.05) is 6.54 Å². The lowest BCUT2D eigenvalue weighted by molar-refractivity contribution is -0.139. The number of halogens is 5. The summed E-state index contributed by atoms with van der Waals surface area (Å²) in [5.74, 6) is -2.36. The van der Waals surface area contributed by atoms with E-state index in [1.165, 1.54) is 19.1 Å². The van der Waals surface area contributed by atoms with Crippen LogP contribution in [0, 0.1) is 11.6 Å². The molecule has 0 unspecified atom stereocenters. The number of hydrogen-bond acceptors (Lipinski definition) is 3. The largest absolute Gasteiger partial charge is 0.443 e. The fourth-order valence-electron chi connectivity index (χ4n) is 3.12. The molecule has 0 bridgehead atoms. The van der Waals surface area contributed by atoms with Crippen molar-refractivity contribution in [1.29, 1.82) is 0 Å². The Kier molecular flexibility index (Phi) is 8.12. The van der Waals surface area contributed by atoms with Crippen molar-refractivity contribution in [3.05, 3.63) is 59.2 Å². The van der Waals surface area contributed by atoms with Crippen molar-refractivity contribution in [3.63, 3.8) is 0 Å². The number of alkyl halides is 3. The lowest BCUT2D eigenvalue weighted by atomic mass is 9.96. The predicted molar refractivity (Wildman–Crippen MR) is 115 cm³/mol. The van der Waals surface area contributed by atoms with Gasteiger partial charge in [-0.05, 0) is 57.9 Å². The van der Waals surface area contributed by atoms with Gasteiger partial charge in [0.25, 0.3) is 0 Å². The van der Waals surface area contributed by atoms with Crippen LogP contribution in [0.5, 0.6) is 0 Å². The molecule has 2 N–H and O–H groups in total. The Morgan fingerprint density at radius 1 is 1.06 bits per heavy atom. The maximum Gasteiger partial charge on any atom is 0.426 e. The van der Waals surface area contributed by atoms with Gasteiger partial charge in [-0.1, -0.05) is 24.3 Å². The van der Waals surface area contributed by atoms with E-state index in [2.05, 4.69) is 10.7 Å². The number of rotatable bonds is 4. The molecule has 6 nitrogen and oxygen atoms in total. The molecule has 34 heavy (non-hydrogen) atoms. The van der Waals surface area contributed by atoms with Crippen LogP contribution in [-0.4, -0.2) is 29.3 Å². The molecule has 0 aliphatic rings. The third-order valence-electron chi connectivity index (χ3n) is 4.60. The molecule has 186 valence electrons. The summed E-state index contributed by atoms with van der Waals surface area (Å²) in [6, 6.07) is 4.43. The smallest absolute Gasteiger partial charge is 0.426 e. The molecule has 0 saturated heterocycles. The van der Waals surface area contributed by atoms with Gasteiger partial charge in [-0.2, -0.15) is 13.2 Å². The summed E-state index contributed by atoms with van der Waals surface area (Å²) < 4.78 is 73.7. The Bertz CT molecular complexity index is 1050. The maximum absolute atomic E-state index is 14.8. The number of ether oxygens (including phenoxy) is 1. The SMILES string of the molecule is CCN(NC(=O)OC(C)(C)C)C(=O)N[C@H](C)c1ccc(-c2cccc(F)c2C(F)(F)F)cc1F. The zero-order valence-electron chi connectivity index (χ0n) is 19.3. The fourth-order valence-corrected chi connectivity index (χ4v) is 3.12. The van der Waals surface area contributed by atoms with Crippen molar-refractivity contribution in [2.45, 2.75) is 52.4 Å². The normalized spacial score (nSPS) is 12.6. The van der Waals surface area contributed by atoms with Gasteiger partial charge in [0.1, 0.15) is 17.2 Å². The summed E-state index contributed by atoms with van der Waals surface area (Å²) in [5, 5.41) is 3.43. The molecule has 3 amide bonds. The average molecular weight is 487 g/mol. The summed E-state index contributed by atoms with van der Waals surface area (Å²) >= 11 is 0. The van der Waals surface area contributed by atoms with Crippen LogP contribution in [0.15, 0.2) is 36.4 Å². The number of carbonyl (C=O) groups is 2. The molecule has 2 rings (SSSR count). The first-order valence-corrected chi connectivity index (χ1v) is 10.4. The van der Waals surface area contributed by atoms with Crippen molar-refractivity contribution >= 4 is 12.1 Å². The van der Waals surface area contributed by atoms with Gasteiger partial charge in [0.15, 0.2) is 0 Å². The van der Waals surface area contributed by atoms with Gasteiger partial charge in [-0.15, -0.1) is 0 Å². The van der Waals surface area contributed by atoms with Crippen LogP contribution in [0.1, 0.15) is 51.8 Å². The molecule has 0 spiro atoms. The lowest BCUT2D eigenvalue weighted by Gasteiger charge is -2.27. The van der Waals surface area contributed by atoms with Gasteiger partial charge in [0.05, 0.1) is 11.6 Å². The number of hydrogen-bond donors (Lipinski definition) is 2. The van der Waals surface area contributed by atoms with Crippen LogP contribution < -0.4 is 10.7 Å². The van der Waals surface area contributed by atoms with E-state index in [0.717, 1.165) is 23.2 Å². The summed E-state index contributed by atoms with van der Waals surface area (Å²) in [7, 11) is 0. The second kappa shape index (κ2) is 10.3.